The molecule has 23 heavy (non-hydrogen) atoms. The zero-order chi connectivity index (χ0) is 16.1. The van der Waals surface area contributed by atoms with Crippen molar-refractivity contribution in [3.05, 3.63) is 64.8 Å². The number of rotatable bonds is 6. The summed E-state index contributed by atoms with van der Waals surface area (Å²) in [6.07, 6.45) is 2.17. The number of amides is 1. The fourth-order valence-corrected chi connectivity index (χ4v) is 2.09. The molecule has 7 nitrogen and oxygen atoms in total. The molecule has 0 aliphatic heterocycles. The number of carbonyl (C=O) groups is 1. The van der Waals surface area contributed by atoms with Gasteiger partial charge in [-0.25, -0.2) is 4.79 Å². The maximum Gasteiger partial charge on any atom is 0.437 e. The van der Waals surface area contributed by atoms with Crippen LogP contribution in [-0.4, -0.2) is 22.2 Å². The third kappa shape index (κ3) is 3.76. The Morgan fingerprint density at radius 1 is 1.17 bits per heavy atom. The molecule has 0 spiro atoms. The third-order valence-corrected chi connectivity index (χ3v) is 3.21. The largest absolute Gasteiger partial charge is 0.459 e. The van der Waals surface area contributed by atoms with Gasteiger partial charge in [-0.05, 0) is 24.1 Å². The molecule has 0 saturated carbocycles. The molecule has 0 bridgehead atoms. The highest BCUT2D eigenvalue weighted by Gasteiger charge is 2.14. The van der Waals surface area contributed by atoms with Crippen molar-refractivity contribution in [2.45, 2.75) is 13.0 Å². The minimum absolute atomic E-state index is 0.0529. The molecule has 0 aliphatic rings. The van der Waals surface area contributed by atoms with Gasteiger partial charge in [0.2, 0.25) is 5.91 Å². The summed E-state index contributed by atoms with van der Waals surface area (Å²) in [6, 6.07) is 13.1. The van der Waals surface area contributed by atoms with Crippen LogP contribution in [-0.2, 0) is 17.8 Å². The minimum atomic E-state index is -0.699. The molecular weight excluding hydrogens is 298 g/mol. The summed E-state index contributed by atoms with van der Waals surface area (Å²) in [5, 5.41) is 6.69. The standard InChI is InChI=1S/C16H15N3O4/c20-14(17-9-8-12-5-2-1-3-6-12)11-19-16(21)23-15(18-19)13-7-4-10-22-13/h1-7,10H,8-9,11H2,(H,17,20). The lowest BCUT2D eigenvalue weighted by Gasteiger charge is -2.04. The van der Waals surface area contributed by atoms with E-state index in [1.807, 2.05) is 30.3 Å². The average Bonchev–Trinajstić information content (AvgIpc) is 3.19. The number of nitrogens with one attached hydrogen (secondary N) is 1. The molecule has 0 atom stereocenters. The summed E-state index contributed by atoms with van der Waals surface area (Å²) in [6.45, 7) is 0.290. The lowest BCUT2D eigenvalue weighted by Crippen LogP contribution is -2.32. The molecule has 3 rings (SSSR count). The second kappa shape index (κ2) is 6.78. The van der Waals surface area contributed by atoms with Crippen molar-refractivity contribution in [2.24, 2.45) is 0 Å². The molecule has 7 heteroatoms. The van der Waals surface area contributed by atoms with E-state index >= 15 is 0 Å². The van der Waals surface area contributed by atoms with Crippen molar-refractivity contribution in [1.29, 1.82) is 0 Å². The molecule has 3 aromatic rings. The van der Waals surface area contributed by atoms with Gasteiger partial charge in [-0.15, -0.1) is 5.10 Å². The van der Waals surface area contributed by atoms with E-state index in [9.17, 15) is 9.59 Å². The maximum atomic E-state index is 11.9. The van der Waals surface area contributed by atoms with E-state index in [2.05, 4.69) is 10.4 Å². The first-order valence-corrected chi connectivity index (χ1v) is 7.15. The van der Waals surface area contributed by atoms with Gasteiger partial charge in [-0.2, -0.15) is 4.68 Å². The van der Waals surface area contributed by atoms with Crippen molar-refractivity contribution >= 4 is 5.91 Å². The molecule has 1 amide bonds. The second-order valence-corrected chi connectivity index (χ2v) is 4.89. The predicted molar refractivity (Wildman–Crippen MR) is 81.6 cm³/mol. The Balaban J connectivity index is 1.55. The number of hydrogen-bond donors (Lipinski definition) is 1. The van der Waals surface area contributed by atoms with Gasteiger partial charge < -0.3 is 14.2 Å². The SMILES string of the molecule is O=C(Cn1nc(-c2ccco2)oc1=O)NCCc1ccccc1. The number of furan rings is 1. The molecule has 1 aromatic carbocycles. The van der Waals surface area contributed by atoms with E-state index < -0.39 is 5.76 Å². The lowest BCUT2D eigenvalue weighted by molar-refractivity contribution is -0.121. The summed E-state index contributed by atoms with van der Waals surface area (Å²) < 4.78 is 11.0. The van der Waals surface area contributed by atoms with E-state index in [-0.39, 0.29) is 18.3 Å². The third-order valence-electron chi connectivity index (χ3n) is 3.21. The van der Waals surface area contributed by atoms with E-state index in [1.54, 1.807) is 12.1 Å². The Morgan fingerprint density at radius 3 is 2.74 bits per heavy atom. The zero-order valence-electron chi connectivity index (χ0n) is 12.3. The normalized spacial score (nSPS) is 10.6. The molecule has 1 N–H and O–H groups in total. The highest BCUT2D eigenvalue weighted by molar-refractivity contribution is 5.75. The van der Waals surface area contributed by atoms with Crippen LogP contribution in [0, 0.1) is 0 Å². The van der Waals surface area contributed by atoms with Gasteiger partial charge in [-0.3, -0.25) is 4.79 Å². The Labute approximate surface area is 131 Å². The van der Waals surface area contributed by atoms with Crippen LogP contribution in [0.4, 0.5) is 0 Å². The molecule has 0 fully saturated rings. The van der Waals surface area contributed by atoms with Crippen molar-refractivity contribution < 1.29 is 13.6 Å². The van der Waals surface area contributed by atoms with Gasteiger partial charge in [0.05, 0.1) is 6.26 Å². The fourth-order valence-electron chi connectivity index (χ4n) is 2.09. The minimum Gasteiger partial charge on any atom is -0.459 e. The molecular formula is C16H15N3O4. The molecule has 0 radical (unpaired) electrons. The van der Waals surface area contributed by atoms with Crippen LogP contribution in [0.15, 0.2) is 62.4 Å². The topological polar surface area (TPSA) is 90.3 Å². The number of carbonyl (C=O) groups excluding carboxylic acids is 1. The van der Waals surface area contributed by atoms with E-state index in [0.717, 1.165) is 16.7 Å². The Kier molecular flexibility index (Phi) is 4.37. The Morgan fingerprint density at radius 2 is 2.00 bits per heavy atom. The molecule has 118 valence electrons. The summed E-state index contributed by atoms with van der Waals surface area (Å²) >= 11 is 0. The molecule has 2 heterocycles. The first-order chi connectivity index (χ1) is 11.2. The van der Waals surface area contributed by atoms with Crippen LogP contribution in [0.1, 0.15) is 5.56 Å². The summed E-state index contributed by atoms with van der Waals surface area (Å²) in [7, 11) is 0. The summed E-state index contributed by atoms with van der Waals surface area (Å²) in [5.41, 5.74) is 1.13. The highest BCUT2D eigenvalue weighted by Crippen LogP contribution is 2.14. The highest BCUT2D eigenvalue weighted by atomic mass is 16.4. The maximum absolute atomic E-state index is 11.9. The van der Waals surface area contributed by atoms with Crippen molar-refractivity contribution in [3.63, 3.8) is 0 Å². The van der Waals surface area contributed by atoms with Gasteiger partial charge >= 0.3 is 5.76 Å². The van der Waals surface area contributed by atoms with Gasteiger partial charge in [0.25, 0.3) is 5.89 Å². The van der Waals surface area contributed by atoms with Crippen LogP contribution in [0.2, 0.25) is 0 Å². The number of hydrogen-bond acceptors (Lipinski definition) is 5. The van der Waals surface area contributed by atoms with Gasteiger partial charge in [0.15, 0.2) is 5.76 Å². The van der Waals surface area contributed by atoms with E-state index in [4.69, 9.17) is 8.83 Å². The monoisotopic (exact) mass is 313 g/mol. The van der Waals surface area contributed by atoms with Crippen molar-refractivity contribution in [2.75, 3.05) is 6.54 Å². The molecule has 0 saturated heterocycles. The zero-order valence-corrected chi connectivity index (χ0v) is 12.3. The second-order valence-electron chi connectivity index (χ2n) is 4.89. The van der Waals surface area contributed by atoms with E-state index in [1.165, 1.54) is 6.26 Å². The molecule has 2 aromatic heterocycles. The van der Waals surface area contributed by atoms with Crippen LogP contribution in [0.25, 0.3) is 11.7 Å². The predicted octanol–water partition coefficient (Wildman–Crippen LogP) is 1.46. The van der Waals surface area contributed by atoms with Crippen LogP contribution in [0.3, 0.4) is 0 Å². The Bertz CT molecular complexity index is 819. The quantitative estimate of drug-likeness (QED) is 0.744. The lowest BCUT2D eigenvalue weighted by atomic mass is 10.1. The Hall–Kier alpha value is -3.09. The smallest absolute Gasteiger partial charge is 0.437 e. The molecule has 0 aliphatic carbocycles. The van der Waals surface area contributed by atoms with Crippen LogP contribution in [0.5, 0.6) is 0 Å². The van der Waals surface area contributed by atoms with Crippen molar-refractivity contribution in [1.82, 2.24) is 15.1 Å². The average molecular weight is 313 g/mol. The summed E-state index contributed by atoms with van der Waals surface area (Å²) in [5.74, 6) is -0.612. The number of benzene rings is 1. The number of nitrogens with zero attached hydrogens (tertiary/aromatic N) is 2. The van der Waals surface area contributed by atoms with Gasteiger partial charge in [-0.1, -0.05) is 30.3 Å². The first kappa shape index (κ1) is 14.8. The van der Waals surface area contributed by atoms with Gasteiger partial charge in [0.1, 0.15) is 6.54 Å². The van der Waals surface area contributed by atoms with Crippen LogP contribution >= 0.6 is 0 Å². The van der Waals surface area contributed by atoms with Crippen LogP contribution < -0.4 is 11.1 Å². The van der Waals surface area contributed by atoms with Crippen molar-refractivity contribution in [3.8, 4) is 11.7 Å². The first-order valence-electron chi connectivity index (χ1n) is 7.15. The molecule has 0 unspecified atom stereocenters. The summed E-state index contributed by atoms with van der Waals surface area (Å²) in [4.78, 5) is 23.6. The van der Waals surface area contributed by atoms with Gasteiger partial charge in [0, 0.05) is 6.54 Å². The van der Waals surface area contributed by atoms with E-state index in [0.29, 0.717) is 12.3 Å². The fraction of sp³-hybridized carbons (Fsp3) is 0.188. The number of aromatic nitrogens is 2.